The maximum atomic E-state index is 11.1. The number of sulfone groups is 1. The molecule has 0 radical (unpaired) electrons. The normalized spacial score (nSPS) is 19.6. The van der Waals surface area contributed by atoms with Gasteiger partial charge in [-0.05, 0) is 25.9 Å². The monoisotopic (exact) mass is 263 g/mol. The van der Waals surface area contributed by atoms with Crippen LogP contribution in [0.25, 0.3) is 0 Å². The van der Waals surface area contributed by atoms with E-state index in [1.165, 1.54) is 12.7 Å². The summed E-state index contributed by atoms with van der Waals surface area (Å²) in [7, 11) is -2.82. The number of hydrogen-bond donors (Lipinski definition) is 1. The predicted octanol–water partition coefficient (Wildman–Crippen LogP) is -0.612. The van der Waals surface area contributed by atoms with E-state index < -0.39 is 9.84 Å². The Hall–Kier alpha value is -0.170. The lowest BCUT2D eigenvalue weighted by molar-refractivity contribution is 0.136. The molecule has 1 saturated heterocycles. The van der Waals surface area contributed by atoms with Gasteiger partial charge in [0, 0.05) is 39.0 Å². The molecule has 5 nitrogen and oxygen atoms in total. The first-order valence-corrected chi connectivity index (χ1v) is 8.40. The van der Waals surface area contributed by atoms with Crippen LogP contribution in [0, 0.1) is 0 Å². The van der Waals surface area contributed by atoms with Crippen molar-refractivity contribution in [1.29, 1.82) is 0 Å². The lowest BCUT2D eigenvalue weighted by atomic mass is 10.2. The van der Waals surface area contributed by atoms with Gasteiger partial charge >= 0.3 is 0 Å². The summed E-state index contributed by atoms with van der Waals surface area (Å²) in [6.07, 6.45) is 3.56. The molecule has 0 aliphatic carbocycles. The van der Waals surface area contributed by atoms with Crippen molar-refractivity contribution in [2.24, 2.45) is 5.73 Å². The van der Waals surface area contributed by atoms with E-state index in [9.17, 15) is 8.42 Å². The van der Waals surface area contributed by atoms with E-state index in [0.717, 1.165) is 45.7 Å². The van der Waals surface area contributed by atoms with Gasteiger partial charge in [-0.3, -0.25) is 4.90 Å². The standard InChI is InChI=1S/C11H25N3O2S/c1-17(15,16)11-10-14-8-6-13(7-9-14)5-3-2-4-12/h2-12H2,1H3. The molecule has 0 aromatic heterocycles. The molecule has 0 atom stereocenters. The second-order valence-corrected chi connectivity index (χ2v) is 7.07. The number of nitrogens with two attached hydrogens (primary N) is 1. The minimum atomic E-state index is -2.82. The third-order valence-electron chi connectivity index (χ3n) is 3.17. The highest BCUT2D eigenvalue weighted by molar-refractivity contribution is 7.90. The Kier molecular flexibility index (Phi) is 6.40. The molecular formula is C11H25N3O2S. The lowest BCUT2D eigenvalue weighted by Crippen LogP contribution is -2.47. The summed E-state index contributed by atoms with van der Waals surface area (Å²) in [6.45, 7) is 6.64. The third kappa shape index (κ3) is 6.98. The highest BCUT2D eigenvalue weighted by atomic mass is 32.2. The predicted molar refractivity (Wildman–Crippen MR) is 70.9 cm³/mol. The van der Waals surface area contributed by atoms with E-state index in [1.54, 1.807) is 0 Å². The Labute approximate surface area is 105 Å². The van der Waals surface area contributed by atoms with Gasteiger partial charge in [0.25, 0.3) is 0 Å². The molecule has 1 aliphatic rings. The van der Waals surface area contributed by atoms with Crippen LogP contribution in [0.2, 0.25) is 0 Å². The molecule has 1 rings (SSSR count). The van der Waals surface area contributed by atoms with Crippen LogP contribution in [0.1, 0.15) is 12.8 Å². The van der Waals surface area contributed by atoms with Gasteiger partial charge in [-0.25, -0.2) is 8.42 Å². The Morgan fingerprint density at radius 2 is 1.53 bits per heavy atom. The molecule has 0 aromatic rings. The summed E-state index contributed by atoms with van der Waals surface area (Å²) < 4.78 is 22.1. The van der Waals surface area contributed by atoms with Gasteiger partial charge in [-0.2, -0.15) is 0 Å². The minimum Gasteiger partial charge on any atom is -0.330 e. The van der Waals surface area contributed by atoms with Crippen LogP contribution >= 0.6 is 0 Å². The molecule has 0 aromatic carbocycles. The summed E-state index contributed by atoms with van der Waals surface area (Å²) in [4.78, 5) is 4.67. The van der Waals surface area contributed by atoms with Gasteiger partial charge in [0.2, 0.25) is 0 Å². The van der Waals surface area contributed by atoms with Crippen molar-refractivity contribution in [1.82, 2.24) is 9.80 Å². The number of unbranched alkanes of at least 4 members (excludes halogenated alkanes) is 1. The minimum absolute atomic E-state index is 0.278. The van der Waals surface area contributed by atoms with Crippen LogP contribution in [0.4, 0.5) is 0 Å². The first-order chi connectivity index (χ1) is 8.01. The summed E-state index contributed by atoms with van der Waals surface area (Å²) >= 11 is 0. The molecule has 1 heterocycles. The summed E-state index contributed by atoms with van der Waals surface area (Å²) in [5, 5.41) is 0. The maximum absolute atomic E-state index is 11.1. The summed E-state index contributed by atoms with van der Waals surface area (Å²) in [6, 6.07) is 0. The van der Waals surface area contributed by atoms with Crippen molar-refractivity contribution in [2.45, 2.75) is 12.8 Å². The molecule has 0 bridgehead atoms. The molecule has 102 valence electrons. The maximum Gasteiger partial charge on any atom is 0.148 e. The zero-order valence-corrected chi connectivity index (χ0v) is 11.6. The number of nitrogens with zero attached hydrogens (tertiary/aromatic N) is 2. The Bertz CT molecular complexity index is 298. The fraction of sp³-hybridized carbons (Fsp3) is 1.00. The van der Waals surface area contributed by atoms with E-state index in [-0.39, 0.29) is 5.75 Å². The van der Waals surface area contributed by atoms with Gasteiger partial charge < -0.3 is 10.6 Å². The van der Waals surface area contributed by atoms with Crippen molar-refractivity contribution < 1.29 is 8.42 Å². The number of hydrogen-bond acceptors (Lipinski definition) is 5. The molecule has 17 heavy (non-hydrogen) atoms. The fourth-order valence-corrected chi connectivity index (χ4v) is 2.60. The molecular weight excluding hydrogens is 238 g/mol. The second kappa shape index (κ2) is 7.31. The van der Waals surface area contributed by atoms with Gasteiger partial charge in [0.1, 0.15) is 9.84 Å². The Morgan fingerprint density at radius 1 is 1.00 bits per heavy atom. The van der Waals surface area contributed by atoms with E-state index in [4.69, 9.17) is 5.73 Å². The first-order valence-electron chi connectivity index (χ1n) is 6.34. The van der Waals surface area contributed by atoms with Gasteiger partial charge in [0.05, 0.1) is 5.75 Å². The Morgan fingerprint density at radius 3 is 2.00 bits per heavy atom. The molecule has 6 heteroatoms. The summed E-state index contributed by atoms with van der Waals surface area (Å²) in [5.41, 5.74) is 5.46. The topological polar surface area (TPSA) is 66.6 Å². The van der Waals surface area contributed by atoms with E-state index in [1.807, 2.05) is 0 Å². The second-order valence-electron chi connectivity index (χ2n) is 4.81. The smallest absolute Gasteiger partial charge is 0.148 e. The Balaban J connectivity index is 2.13. The van der Waals surface area contributed by atoms with Crippen LogP contribution in [0.15, 0.2) is 0 Å². The molecule has 2 N–H and O–H groups in total. The van der Waals surface area contributed by atoms with Crippen molar-refractivity contribution in [3.63, 3.8) is 0 Å². The van der Waals surface area contributed by atoms with Crippen LogP contribution in [0.5, 0.6) is 0 Å². The van der Waals surface area contributed by atoms with Crippen LogP contribution in [0.3, 0.4) is 0 Å². The zero-order chi connectivity index (χ0) is 12.7. The van der Waals surface area contributed by atoms with Gasteiger partial charge in [-0.15, -0.1) is 0 Å². The fourth-order valence-electron chi connectivity index (χ4n) is 2.01. The van der Waals surface area contributed by atoms with Crippen LogP contribution in [-0.2, 0) is 9.84 Å². The third-order valence-corrected chi connectivity index (χ3v) is 4.10. The highest BCUT2D eigenvalue weighted by Crippen LogP contribution is 2.03. The van der Waals surface area contributed by atoms with Crippen molar-refractivity contribution >= 4 is 9.84 Å². The summed E-state index contributed by atoms with van der Waals surface area (Å²) in [5.74, 6) is 0.278. The largest absolute Gasteiger partial charge is 0.330 e. The van der Waals surface area contributed by atoms with Crippen molar-refractivity contribution in [2.75, 3.05) is 57.8 Å². The number of piperazine rings is 1. The highest BCUT2D eigenvalue weighted by Gasteiger charge is 2.17. The van der Waals surface area contributed by atoms with Crippen LogP contribution in [-0.4, -0.2) is 76.0 Å². The van der Waals surface area contributed by atoms with Gasteiger partial charge in [-0.1, -0.05) is 0 Å². The van der Waals surface area contributed by atoms with Crippen molar-refractivity contribution in [3.8, 4) is 0 Å². The average Bonchev–Trinajstić information content (AvgIpc) is 2.27. The zero-order valence-electron chi connectivity index (χ0n) is 10.8. The molecule has 0 unspecified atom stereocenters. The molecule has 1 aliphatic heterocycles. The van der Waals surface area contributed by atoms with Crippen LogP contribution < -0.4 is 5.73 Å². The SMILES string of the molecule is CS(=O)(=O)CCN1CCN(CCCCN)CC1. The average molecular weight is 263 g/mol. The van der Waals surface area contributed by atoms with Gasteiger partial charge in [0.15, 0.2) is 0 Å². The van der Waals surface area contributed by atoms with E-state index >= 15 is 0 Å². The first kappa shape index (κ1) is 14.9. The molecule has 0 amide bonds. The van der Waals surface area contributed by atoms with Crippen molar-refractivity contribution in [3.05, 3.63) is 0 Å². The quantitative estimate of drug-likeness (QED) is 0.621. The van der Waals surface area contributed by atoms with E-state index in [0.29, 0.717) is 6.54 Å². The molecule has 0 saturated carbocycles. The molecule has 1 fully saturated rings. The van der Waals surface area contributed by atoms with E-state index in [2.05, 4.69) is 9.80 Å². The molecule has 0 spiro atoms. The number of rotatable bonds is 7. The lowest BCUT2D eigenvalue weighted by Gasteiger charge is -2.34.